The van der Waals surface area contributed by atoms with Crippen molar-refractivity contribution in [2.75, 3.05) is 6.54 Å². The van der Waals surface area contributed by atoms with E-state index in [0.29, 0.717) is 18.5 Å². The van der Waals surface area contributed by atoms with Gasteiger partial charge in [0.05, 0.1) is 10.9 Å². The number of hydrogen-bond donors (Lipinski definition) is 2. The smallest absolute Gasteiger partial charge is 0.307 e. The molecule has 0 amide bonds. The van der Waals surface area contributed by atoms with Gasteiger partial charge < -0.3 is 10.4 Å². The minimum Gasteiger partial charge on any atom is -0.481 e. The average molecular weight is 278 g/mol. The van der Waals surface area contributed by atoms with Crippen LogP contribution in [-0.4, -0.2) is 17.6 Å². The fourth-order valence-corrected chi connectivity index (χ4v) is 2.44. The highest BCUT2D eigenvalue weighted by molar-refractivity contribution is 6.33. The van der Waals surface area contributed by atoms with Crippen molar-refractivity contribution >= 4 is 29.2 Å². The minimum absolute atomic E-state index is 0.00191. The first-order valence-corrected chi connectivity index (χ1v) is 5.85. The summed E-state index contributed by atoms with van der Waals surface area (Å²) >= 11 is 11.6. The lowest BCUT2D eigenvalue weighted by Gasteiger charge is -2.13. The zero-order valence-electron chi connectivity index (χ0n) is 8.71. The molecule has 0 spiro atoms. The molecule has 2 rings (SSSR count). The molecule has 1 aromatic carbocycles. The standard InChI is InChI=1S/C11H10Cl2FNO2/c12-6-2-7(10(13)8(14)3-6)9-1-5(4-15-9)11(16)17/h2-3,5,9,15H,1,4H2,(H,16,17). The van der Waals surface area contributed by atoms with Gasteiger partial charge in [-0.05, 0) is 24.1 Å². The summed E-state index contributed by atoms with van der Waals surface area (Å²) in [5.41, 5.74) is 0.514. The molecule has 1 saturated heterocycles. The predicted octanol–water partition coefficient (Wildman–Crippen LogP) is 2.87. The number of rotatable bonds is 2. The van der Waals surface area contributed by atoms with E-state index in [-0.39, 0.29) is 16.1 Å². The fourth-order valence-electron chi connectivity index (χ4n) is 1.99. The molecule has 1 aromatic rings. The number of hydrogen-bond acceptors (Lipinski definition) is 2. The van der Waals surface area contributed by atoms with Crippen LogP contribution in [0.25, 0.3) is 0 Å². The second-order valence-corrected chi connectivity index (χ2v) is 4.84. The number of halogens is 3. The first kappa shape index (κ1) is 12.6. The van der Waals surface area contributed by atoms with Gasteiger partial charge in [-0.2, -0.15) is 0 Å². The van der Waals surface area contributed by atoms with Gasteiger partial charge in [-0.1, -0.05) is 23.2 Å². The molecule has 3 nitrogen and oxygen atoms in total. The zero-order chi connectivity index (χ0) is 12.6. The van der Waals surface area contributed by atoms with Gasteiger partial charge in [-0.15, -0.1) is 0 Å². The second kappa shape index (κ2) is 4.80. The summed E-state index contributed by atoms with van der Waals surface area (Å²) in [6.07, 6.45) is 0.384. The zero-order valence-corrected chi connectivity index (χ0v) is 10.2. The van der Waals surface area contributed by atoms with Crippen molar-refractivity contribution in [2.45, 2.75) is 12.5 Å². The molecule has 0 saturated carbocycles. The van der Waals surface area contributed by atoms with Gasteiger partial charge in [0.15, 0.2) is 0 Å². The van der Waals surface area contributed by atoms with Crippen molar-refractivity contribution in [3.05, 3.63) is 33.6 Å². The largest absolute Gasteiger partial charge is 0.481 e. The van der Waals surface area contributed by atoms with Gasteiger partial charge in [0.2, 0.25) is 0 Å². The van der Waals surface area contributed by atoms with Crippen molar-refractivity contribution < 1.29 is 14.3 Å². The maximum absolute atomic E-state index is 13.4. The summed E-state index contributed by atoms with van der Waals surface area (Å²) in [5, 5.41) is 12.1. The molecule has 0 aliphatic carbocycles. The predicted molar refractivity (Wildman–Crippen MR) is 62.9 cm³/mol. The Balaban J connectivity index is 2.27. The molecule has 1 aliphatic heterocycles. The van der Waals surface area contributed by atoms with Crippen molar-refractivity contribution in [2.24, 2.45) is 5.92 Å². The first-order chi connectivity index (χ1) is 7.99. The summed E-state index contributed by atoms with van der Waals surface area (Å²) in [4.78, 5) is 10.8. The van der Waals surface area contributed by atoms with Gasteiger partial charge in [0.25, 0.3) is 0 Å². The van der Waals surface area contributed by atoms with Crippen molar-refractivity contribution in [3.63, 3.8) is 0 Å². The highest BCUT2D eigenvalue weighted by atomic mass is 35.5. The number of benzene rings is 1. The molecule has 92 valence electrons. The first-order valence-electron chi connectivity index (χ1n) is 5.09. The van der Waals surface area contributed by atoms with E-state index >= 15 is 0 Å². The van der Waals surface area contributed by atoms with Crippen LogP contribution < -0.4 is 5.32 Å². The van der Waals surface area contributed by atoms with Crippen LogP contribution in [0.3, 0.4) is 0 Å². The lowest BCUT2D eigenvalue weighted by molar-refractivity contribution is -0.141. The SMILES string of the molecule is O=C(O)C1CNC(c2cc(Cl)cc(F)c2Cl)C1. The van der Waals surface area contributed by atoms with Crippen molar-refractivity contribution in [1.82, 2.24) is 5.32 Å². The average Bonchev–Trinajstić information content (AvgIpc) is 2.72. The molecule has 2 atom stereocenters. The van der Waals surface area contributed by atoms with E-state index in [1.807, 2.05) is 0 Å². The van der Waals surface area contributed by atoms with Gasteiger partial charge in [-0.25, -0.2) is 4.39 Å². The number of carbonyl (C=O) groups is 1. The molecule has 2 N–H and O–H groups in total. The molecule has 1 heterocycles. The van der Waals surface area contributed by atoms with Gasteiger partial charge >= 0.3 is 5.97 Å². The van der Waals surface area contributed by atoms with E-state index in [4.69, 9.17) is 28.3 Å². The lowest BCUT2D eigenvalue weighted by atomic mass is 10.00. The van der Waals surface area contributed by atoms with Crippen LogP contribution in [0.15, 0.2) is 12.1 Å². The molecule has 17 heavy (non-hydrogen) atoms. The van der Waals surface area contributed by atoms with E-state index in [0.717, 1.165) is 6.07 Å². The van der Waals surface area contributed by atoms with Crippen LogP contribution in [0.5, 0.6) is 0 Å². The third kappa shape index (κ3) is 2.54. The summed E-state index contributed by atoms with van der Waals surface area (Å²) in [6.45, 7) is 0.352. The van der Waals surface area contributed by atoms with Crippen molar-refractivity contribution in [1.29, 1.82) is 0 Å². The summed E-state index contributed by atoms with van der Waals surface area (Å²) in [5.74, 6) is -1.92. The number of nitrogens with one attached hydrogen (secondary N) is 1. The van der Waals surface area contributed by atoms with Gasteiger partial charge in [0, 0.05) is 17.6 Å². The Morgan fingerprint density at radius 2 is 2.18 bits per heavy atom. The quantitative estimate of drug-likeness (QED) is 0.818. The van der Waals surface area contributed by atoms with Crippen LogP contribution in [0.4, 0.5) is 4.39 Å². The molecule has 0 radical (unpaired) electrons. The maximum Gasteiger partial charge on any atom is 0.307 e. The van der Waals surface area contributed by atoms with E-state index in [1.165, 1.54) is 0 Å². The Hall–Kier alpha value is -0.840. The molecular formula is C11H10Cl2FNO2. The fraction of sp³-hybridized carbons (Fsp3) is 0.364. The van der Waals surface area contributed by atoms with Gasteiger partial charge in [0.1, 0.15) is 5.82 Å². The lowest BCUT2D eigenvalue weighted by Crippen LogP contribution is -2.17. The van der Waals surface area contributed by atoms with Crippen LogP contribution in [0.1, 0.15) is 18.0 Å². The van der Waals surface area contributed by atoms with Crippen molar-refractivity contribution in [3.8, 4) is 0 Å². The molecule has 0 aromatic heterocycles. The topological polar surface area (TPSA) is 49.3 Å². The Morgan fingerprint density at radius 1 is 1.47 bits per heavy atom. The Labute approximate surface area is 108 Å². The third-order valence-electron chi connectivity index (χ3n) is 2.88. The van der Waals surface area contributed by atoms with E-state index in [2.05, 4.69) is 5.32 Å². The summed E-state index contributed by atoms with van der Waals surface area (Å²) in [7, 11) is 0. The van der Waals surface area contributed by atoms with Crippen LogP contribution in [0.2, 0.25) is 10.0 Å². The highest BCUT2D eigenvalue weighted by Crippen LogP contribution is 2.35. The Kier molecular flexibility index (Phi) is 3.56. The molecule has 1 aliphatic rings. The minimum atomic E-state index is -0.862. The van der Waals surface area contributed by atoms with Crippen LogP contribution in [0, 0.1) is 11.7 Å². The van der Waals surface area contributed by atoms with Crippen LogP contribution >= 0.6 is 23.2 Å². The molecule has 6 heteroatoms. The number of aliphatic carboxylic acids is 1. The molecule has 2 unspecified atom stereocenters. The molecular weight excluding hydrogens is 268 g/mol. The number of carboxylic acids is 1. The normalized spacial score (nSPS) is 23.9. The van der Waals surface area contributed by atoms with E-state index < -0.39 is 17.7 Å². The second-order valence-electron chi connectivity index (χ2n) is 4.02. The number of carboxylic acid groups (broad SMARTS) is 1. The monoisotopic (exact) mass is 277 g/mol. The highest BCUT2D eigenvalue weighted by Gasteiger charge is 2.31. The summed E-state index contributed by atoms with van der Waals surface area (Å²) < 4.78 is 13.4. The van der Waals surface area contributed by atoms with E-state index in [9.17, 15) is 9.18 Å². The maximum atomic E-state index is 13.4. The van der Waals surface area contributed by atoms with E-state index in [1.54, 1.807) is 6.07 Å². The third-order valence-corrected chi connectivity index (χ3v) is 3.49. The Bertz CT molecular complexity index is 467. The van der Waals surface area contributed by atoms with Crippen LogP contribution in [-0.2, 0) is 4.79 Å². The molecule has 0 bridgehead atoms. The van der Waals surface area contributed by atoms with Gasteiger partial charge in [-0.3, -0.25) is 4.79 Å². The Morgan fingerprint density at radius 3 is 2.76 bits per heavy atom. The molecule has 1 fully saturated rings. The summed E-state index contributed by atoms with van der Waals surface area (Å²) in [6, 6.07) is 2.43.